The van der Waals surface area contributed by atoms with Gasteiger partial charge in [-0.1, -0.05) is 11.3 Å². The van der Waals surface area contributed by atoms with Gasteiger partial charge < -0.3 is 4.90 Å². The fourth-order valence-electron chi connectivity index (χ4n) is 2.57. The molecule has 1 amide bonds. The van der Waals surface area contributed by atoms with Gasteiger partial charge in [-0.25, -0.2) is 9.37 Å². The van der Waals surface area contributed by atoms with Crippen molar-refractivity contribution in [2.24, 2.45) is 0 Å². The lowest BCUT2D eigenvalue weighted by Gasteiger charge is -2.30. The van der Waals surface area contributed by atoms with Crippen molar-refractivity contribution in [3.8, 4) is 11.3 Å². The molecule has 4 rings (SSSR count). The smallest absolute Gasteiger partial charge is 0.265 e. The molecule has 3 aromatic rings. The molecular formula is C16H14FN3OS. The summed E-state index contributed by atoms with van der Waals surface area (Å²) in [6.45, 7) is 3.63. The second-order valence-electron chi connectivity index (χ2n) is 5.45. The van der Waals surface area contributed by atoms with Crippen LogP contribution in [0.5, 0.6) is 0 Å². The molecular weight excluding hydrogens is 301 g/mol. The lowest BCUT2D eigenvalue weighted by atomic mass is 10.2. The van der Waals surface area contributed by atoms with Crippen molar-refractivity contribution in [3.63, 3.8) is 0 Å². The first kappa shape index (κ1) is 13.5. The monoisotopic (exact) mass is 315 g/mol. The summed E-state index contributed by atoms with van der Waals surface area (Å²) < 4.78 is 14.9. The highest BCUT2D eigenvalue weighted by Crippen LogP contribution is 2.29. The van der Waals surface area contributed by atoms with Crippen molar-refractivity contribution in [3.05, 3.63) is 46.9 Å². The van der Waals surface area contributed by atoms with E-state index in [1.807, 2.05) is 22.4 Å². The number of nitrogens with zero attached hydrogens (tertiary/aromatic N) is 3. The van der Waals surface area contributed by atoms with Crippen molar-refractivity contribution < 1.29 is 9.18 Å². The van der Waals surface area contributed by atoms with Gasteiger partial charge in [-0.05, 0) is 37.6 Å². The number of aryl methyl sites for hydroxylation is 1. The maximum absolute atomic E-state index is 13.0. The van der Waals surface area contributed by atoms with E-state index in [0.29, 0.717) is 0 Å². The first-order valence-electron chi connectivity index (χ1n) is 7.17. The van der Waals surface area contributed by atoms with Crippen molar-refractivity contribution >= 4 is 22.2 Å². The van der Waals surface area contributed by atoms with E-state index in [1.165, 1.54) is 23.5 Å². The third-order valence-electron chi connectivity index (χ3n) is 4.03. The largest absolute Gasteiger partial charge is 0.338 e. The van der Waals surface area contributed by atoms with Crippen LogP contribution in [0.25, 0.3) is 16.2 Å². The van der Waals surface area contributed by atoms with Crippen LogP contribution in [0.2, 0.25) is 0 Å². The Hall–Kier alpha value is -2.21. The number of hydrogen-bond acceptors (Lipinski definition) is 3. The average molecular weight is 315 g/mol. The lowest BCUT2D eigenvalue weighted by Crippen LogP contribution is -2.41. The van der Waals surface area contributed by atoms with E-state index in [4.69, 9.17) is 0 Å². The number of fused-ring (bicyclic) bond motifs is 1. The molecule has 0 aliphatic carbocycles. The first-order chi connectivity index (χ1) is 10.6. The van der Waals surface area contributed by atoms with Crippen LogP contribution < -0.4 is 0 Å². The highest BCUT2D eigenvalue weighted by molar-refractivity contribution is 7.19. The molecule has 22 heavy (non-hydrogen) atoms. The summed E-state index contributed by atoms with van der Waals surface area (Å²) in [7, 11) is 0. The van der Waals surface area contributed by atoms with Gasteiger partial charge in [0.05, 0.1) is 5.69 Å². The van der Waals surface area contributed by atoms with E-state index in [1.54, 1.807) is 12.1 Å². The number of likely N-dealkylation sites (tertiary alicyclic amines) is 1. The van der Waals surface area contributed by atoms with Gasteiger partial charge in [0.1, 0.15) is 10.7 Å². The summed E-state index contributed by atoms with van der Waals surface area (Å²) in [5.41, 5.74) is 2.57. The van der Waals surface area contributed by atoms with E-state index in [9.17, 15) is 9.18 Å². The predicted octanol–water partition coefficient (Wildman–Crippen LogP) is 3.36. The molecule has 0 N–H and O–H groups in total. The molecule has 112 valence electrons. The van der Waals surface area contributed by atoms with E-state index in [2.05, 4.69) is 4.98 Å². The van der Waals surface area contributed by atoms with Gasteiger partial charge >= 0.3 is 0 Å². The van der Waals surface area contributed by atoms with Crippen LogP contribution >= 0.6 is 11.3 Å². The number of rotatable bonds is 2. The van der Waals surface area contributed by atoms with Crippen LogP contribution in [0.4, 0.5) is 4.39 Å². The summed E-state index contributed by atoms with van der Waals surface area (Å²) >= 11 is 1.41. The SMILES string of the molecule is Cc1c(C(=O)N2CCC2)sc2nc(-c3ccc(F)cc3)cn12. The molecule has 6 heteroatoms. The molecule has 0 atom stereocenters. The average Bonchev–Trinajstić information content (AvgIpc) is 2.98. The molecule has 0 spiro atoms. The maximum Gasteiger partial charge on any atom is 0.265 e. The van der Waals surface area contributed by atoms with Gasteiger partial charge in [-0.3, -0.25) is 9.20 Å². The summed E-state index contributed by atoms with van der Waals surface area (Å²) in [6, 6.07) is 6.27. The molecule has 2 aromatic heterocycles. The topological polar surface area (TPSA) is 37.6 Å². The normalized spacial score (nSPS) is 14.4. The van der Waals surface area contributed by atoms with Crippen LogP contribution in [-0.4, -0.2) is 33.3 Å². The molecule has 1 saturated heterocycles. The predicted molar refractivity (Wildman–Crippen MR) is 83.7 cm³/mol. The van der Waals surface area contributed by atoms with Crippen LogP contribution in [0, 0.1) is 12.7 Å². The third-order valence-corrected chi connectivity index (χ3v) is 5.18. The molecule has 1 aliphatic heterocycles. The molecule has 0 radical (unpaired) electrons. The number of carbonyl (C=O) groups is 1. The number of halogens is 1. The standard InChI is InChI=1S/C16H14FN3OS/c1-10-14(15(21)19-7-2-8-19)22-16-18-13(9-20(10)16)11-3-5-12(17)6-4-11/h3-6,9H,2,7-8H2,1H3. The van der Waals surface area contributed by atoms with Crippen molar-refractivity contribution in [2.75, 3.05) is 13.1 Å². The zero-order chi connectivity index (χ0) is 15.3. The Balaban J connectivity index is 1.73. The van der Waals surface area contributed by atoms with Crippen molar-refractivity contribution in [1.82, 2.24) is 14.3 Å². The maximum atomic E-state index is 13.0. The zero-order valence-electron chi connectivity index (χ0n) is 12.0. The molecule has 0 bridgehead atoms. The van der Waals surface area contributed by atoms with Gasteiger partial charge in [-0.2, -0.15) is 0 Å². The number of benzene rings is 1. The number of carbonyl (C=O) groups excluding carboxylic acids is 1. The van der Waals surface area contributed by atoms with Gasteiger partial charge in [-0.15, -0.1) is 0 Å². The van der Waals surface area contributed by atoms with Gasteiger partial charge in [0.15, 0.2) is 4.96 Å². The minimum absolute atomic E-state index is 0.0996. The van der Waals surface area contributed by atoms with E-state index < -0.39 is 0 Å². The summed E-state index contributed by atoms with van der Waals surface area (Å²) in [5.74, 6) is -0.161. The number of imidazole rings is 1. The quantitative estimate of drug-likeness (QED) is 0.727. The summed E-state index contributed by atoms with van der Waals surface area (Å²) in [4.78, 5) is 20.3. The summed E-state index contributed by atoms with van der Waals surface area (Å²) in [5, 5.41) is 0. The van der Waals surface area contributed by atoms with E-state index >= 15 is 0 Å². The molecule has 0 saturated carbocycles. The first-order valence-corrected chi connectivity index (χ1v) is 7.99. The second-order valence-corrected chi connectivity index (χ2v) is 6.43. The van der Waals surface area contributed by atoms with Crippen molar-refractivity contribution in [1.29, 1.82) is 0 Å². The minimum Gasteiger partial charge on any atom is -0.338 e. The summed E-state index contributed by atoms with van der Waals surface area (Å²) in [6.07, 6.45) is 2.99. The second kappa shape index (κ2) is 4.91. The van der Waals surface area contributed by atoms with Gasteiger partial charge in [0.2, 0.25) is 0 Å². The molecule has 3 heterocycles. The molecule has 0 unspecified atom stereocenters. The fourth-order valence-corrected chi connectivity index (χ4v) is 3.65. The number of thiazole rings is 1. The Bertz CT molecular complexity index is 862. The van der Waals surface area contributed by atoms with Crippen LogP contribution in [0.3, 0.4) is 0 Å². The Morgan fingerprint density at radius 3 is 2.59 bits per heavy atom. The lowest BCUT2D eigenvalue weighted by molar-refractivity contribution is 0.0656. The van der Waals surface area contributed by atoms with Gasteiger partial charge in [0, 0.05) is 30.5 Å². The Kier molecular flexibility index (Phi) is 3.00. The molecule has 1 fully saturated rings. The number of aromatic nitrogens is 2. The van der Waals surface area contributed by atoms with Crippen LogP contribution in [0.1, 0.15) is 21.8 Å². The van der Waals surface area contributed by atoms with Crippen molar-refractivity contribution in [2.45, 2.75) is 13.3 Å². The highest BCUT2D eigenvalue weighted by atomic mass is 32.1. The fraction of sp³-hybridized carbons (Fsp3) is 0.250. The Morgan fingerprint density at radius 1 is 1.27 bits per heavy atom. The van der Waals surface area contributed by atoms with Crippen LogP contribution in [0.15, 0.2) is 30.5 Å². The molecule has 1 aromatic carbocycles. The van der Waals surface area contributed by atoms with Crippen LogP contribution in [-0.2, 0) is 0 Å². The molecule has 4 nitrogen and oxygen atoms in total. The number of amides is 1. The zero-order valence-corrected chi connectivity index (χ0v) is 12.9. The Morgan fingerprint density at radius 2 is 2.00 bits per heavy atom. The third kappa shape index (κ3) is 2.02. The molecule has 1 aliphatic rings. The van der Waals surface area contributed by atoms with Gasteiger partial charge in [0.25, 0.3) is 5.91 Å². The Labute approximate surface area is 130 Å². The van der Waals surface area contributed by atoms with E-state index in [-0.39, 0.29) is 11.7 Å². The number of hydrogen-bond donors (Lipinski definition) is 0. The van der Waals surface area contributed by atoms with E-state index in [0.717, 1.165) is 46.3 Å². The highest BCUT2D eigenvalue weighted by Gasteiger charge is 2.26. The minimum atomic E-state index is -0.261.